The van der Waals surface area contributed by atoms with Crippen LogP contribution in [0.5, 0.6) is 0 Å². The minimum Gasteiger partial charge on any atom is -0.398 e. The molecule has 20 heavy (non-hydrogen) atoms. The fourth-order valence-corrected chi connectivity index (χ4v) is 3.79. The number of anilines is 1. The molecule has 2 fully saturated rings. The number of ether oxygens (including phenoxy) is 1. The van der Waals surface area contributed by atoms with E-state index in [9.17, 15) is 0 Å². The highest BCUT2D eigenvalue weighted by Gasteiger charge is 2.42. The maximum absolute atomic E-state index is 6.38. The smallest absolute Gasteiger partial charge is 0.0710 e. The van der Waals surface area contributed by atoms with Gasteiger partial charge in [-0.1, -0.05) is 31.0 Å². The van der Waals surface area contributed by atoms with Crippen molar-refractivity contribution in [2.24, 2.45) is 0 Å². The van der Waals surface area contributed by atoms with Crippen LogP contribution in [0, 0.1) is 0 Å². The van der Waals surface area contributed by atoms with Gasteiger partial charge in [-0.3, -0.25) is 4.90 Å². The van der Waals surface area contributed by atoms with Crippen molar-refractivity contribution < 1.29 is 4.74 Å². The number of hydrogen-bond donors (Lipinski definition) is 1. The Morgan fingerprint density at radius 3 is 2.75 bits per heavy atom. The first kappa shape index (κ1) is 13.9. The molecule has 1 aliphatic carbocycles. The van der Waals surface area contributed by atoms with Crippen molar-refractivity contribution in [1.29, 1.82) is 0 Å². The van der Waals surface area contributed by atoms with Crippen LogP contribution in [-0.4, -0.2) is 30.2 Å². The van der Waals surface area contributed by atoms with Gasteiger partial charge in [0.1, 0.15) is 0 Å². The Hall–Kier alpha value is -1.06. The molecule has 110 valence electrons. The zero-order valence-corrected chi connectivity index (χ0v) is 12.5. The molecule has 1 aromatic rings. The molecule has 2 aliphatic rings. The molecule has 1 aromatic carbocycles. The van der Waals surface area contributed by atoms with Gasteiger partial charge in [-0.2, -0.15) is 0 Å². The number of benzene rings is 1. The van der Waals surface area contributed by atoms with Crippen LogP contribution in [0.3, 0.4) is 0 Å². The van der Waals surface area contributed by atoms with Crippen LogP contribution in [0.1, 0.15) is 44.1 Å². The third-order valence-corrected chi connectivity index (χ3v) is 4.86. The number of nitrogen functional groups attached to an aromatic ring is 1. The zero-order valence-electron chi connectivity index (χ0n) is 12.5. The Morgan fingerprint density at radius 2 is 2.00 bits per heavy atom. The second-order valence-corrected chi connectivity index (χ2v) is 6.56. The lowest BCUT2D eigenvalue weighted by Gasteiger charge is -2.26. The fourth-order valence-electron chi connectivity index (χ4n) is 3.79. The molecule has 3 heteroatoms. The van der Waals surface area contributed by atoms with Crippen LogP contribution in [0.4, 0.5) is 5.69 Å². The highest BCUT2D eigenvalue weighted by molar-refractivity contribution is 5.46. The van der Waals surface area contributed by atoms with Crippen molar-refractivity contribution in [1.82, 2.24) is 4.90 Å². The number of likely N-dealkylation sites (N-methyl/N-ethyl adjacent to an activating group) is 1. The van der Waals surface area contributed by atoms with E-state index in [0.29, 0.717) is 6.10 Å². The molecule has 0 aromatic heterocycles. The summed E-state index contributed by atoms with van der Waals surface area (Å²) in [6, 6.07) is 8.13. The standard InChI is InChI=1S/C17H26N2O/c1-19(12-14-6-2-3-7-16(14)18)13-15-8-11-17(20-15)9-4-5-10-17/h2-3,6-7,15H,4-5,8-13,18H2,1H3. The number of rotatable bonds is 4. The van der Waals surface area contributed by atoms with E-state index in [0.717, 1.165) is 18.8 Å². The first-order valence-electron chi connectivity index (χ1n) is 7.87. The topological polar surface area (TPSA) is 38.5 Å². The van der Waals surface area contributed by atoms with Gasteiger partial charge in [0.2, 0.25) is 0 Å². The van der Waals surface area contributed by atoms with E-state index in [1.807, 2.05) is 12.1 Å². The summed E-state index contributed by atoms with van der Waals surface area (Å²) < 4.78 is 6.38. The van der Waals surface area contributed by atoms with Crippen molar-refractivity contribution >= 4 is 5.69 Å². The predicted molar refractivity (Wildman–Crippen MR) is 82.5 cm³/mol. The summed E-state index contributed by atoms with van der Waals surface area (Å²) in [5.74, 6) is 0. The molecule has 2 N–H and O–H groups in total. The van der Waals surface area contributed by atoms with Gasteiger partial charge in [-0.15, -0.1) is 0 Å². The normalized spacial score (nSPS) is 24.8. The molecular weight excluding hydrogens is 248 g/mol. The van der Waals surface area contributed by atoms with E-state index >= 15 is 0 Å². The minimum absolute atomic E-state index is 0.247. The van der Waals surface area contributed by atoms with Crippen LogP contribution in [0.2, 0.25) is 0 Å². The summed E-state index contributed by atoms with van der Waals surface area (Å²) in [7, 11) is 2.16. The molecule has 1 atom stereocenters. The lowest BCUT2D eigenvalue weighted by atomic mass is 9.98. The van der Waals surface area contributed by atoms with Crippen LogP contribution in [0.25, 0.3) is 0 Å². The quantitative estimate of drug-likeness (QED) is 0.857. The maximum Gasteiger partial charge on any atom is 0.0710 e. The van der Waals surface area contributed by atoms with E-state index in [-0.39, 0.29) is 5.60 Å². The molecule has 1 spiro atoms. The molecule has 1 aliphatic heterocycles. The van der Waals surface area contributed by atoms with E-state index in [4.69, 9.17) is 10.5 Å². The number of nitrogens with zero attached hydrogens (tertiary/aromatic N) is 1. The second kappa shape index (κ2) is 5.74. The lowest BCUT2D eigenvalue weighted by molar-refractivity contribution is -0.0456. The summed E-state index contributed by atoms with van der Waals surface area (Å²) in [5, 5.41) is 0. The van der Waals surface area contributed by atoms with Gasteiger partial charge in [-0.25, -0.2) is 0 Å². The largest absolute Gasteiger partial charge is 0.398 e. The molecule has 1 saturated carbocycles. The van der Waals surface area contributed by atoms with Crippen LogP contribution >= 0.6 is 0 Å². The van der Waals surface area contributed by atoms with Gasteiger partial charge in [0.15, 0.2) is 0 Å². The fraction of sp³-hybridized carbons (Fsp3) is 0.647. The highest BCUT2D eigenvalue weighted by atomic mass is 16.5. The molecule has 0 amide bonds. The summed E-state index contributed by atoms with van der Waals surface area (Å²) >= 11 is 0. The minimum atomic E-state index is 0.247. The van der Waals surface area contributed by atoms with Crippen molar-refractivity contribution in [3.8, 4) is 0 Å². The number of para-hydroxylation sites is 1. The Labute approximate surface area is 122 Å². The third kappa shape index (κ3) is 2.99. The van der Waals surface area contributed by atoms with Crippen LogP contribution in [-0.2, 0) is 11.3 Å². The maximum atomic E-state index is 6.38. The molecule has 1 unspecified atom stereocenters. The van der Waals surface area contributed by atoms with Crippen LogP contribution in [0.15, 0.2) is 24.3 Å². The van der Waals surface area contributed by atoms with Gasteiger partial charge >= 0.3 is 0 Å². The molecule has 0 radical (unpaired) electrons. The average molecular weight is 274 g/mol. The Bertz CT molecular complexity index is 454. The summed E-state index contributed by atoms with van der Waals surface area (Å²) in [5.41, 5.74) is 8.36. The predicted octanol–water partition coefficient (Wildman–Crippen LogP) is 3.19. The Balaban J connectivity index is 1.52. The van der Waals surface area contributed by atoms with Gasteiger partial charge in [-0.05, 0) is 44.4 Å². The number of hydrogen-bond acceptors (Lipinski definition) is 3. The third-order valence-electron chi connectivity index (χ3n) is 4.86. The van der Waals surface area contributed by atoms with Gasteiger partial charge in [0, 0.05) is 18.8 Å². The van der Waals surface area contributed by atoms with Crippen LogP contribution < -0.4 is 5.73 Å². The summed E-state index contributed by atoms with van der Waals surface area (Å²) in [4.78, 5) is 2.34. The lowest BCUT2D eigenvalue weighted by Crippen LogP contribution is -2.32. The Kier molecular flexibility index (Phi) is 3.99. The first-order chi connectivity index (χ1) is 9.67. The molecule has 1 heterocycles. The van der Waals surface area contributed by atoms with Gasteiger partial charge in [0.05, 0.1) is 11.7 Å². The summed E-state index contributed by atoms with van der Waals surface area (Å²) in [6.07, 6.45) is 8.14. The Morgan fingerprint density at radius 1 is 1.25 bits per heavy atom. The summed E-state index contributed by atoms with van der Waals surface area (Å²) in [6.45, 7) is 1.91. The first-order valence-corrected chi connectivity index (χ1v) is 7.87. The molecule has 3 rings (SSSR count). The zero-order chi connectivity index (χ0) is 14.0. The van der Waals surface area contributed by atoms with E-state index in [2.05, 4.69) is 24.1 Å². The van der Waals surface area contributed by atoms with Gasteiger partial charge in [0.25, 0.3) is 0 Å². The van der Waals surface area contributed by atoms with E-state index in [1.165, 1.54) is 44.1 Å². The number of nitrogens with two attached hydrogens (primary N) is 1. The van der Waals surface area contributed by atoms with Gasteiger partial charge < -0.3 is 10.5 Å². The van der Waals surface area contributed by atoms with Crippen molar-refractivity contribution in [3.63, 3.8) is 0 Å². The highest BCUT2D eigenvalue weighted by Crippen LogP contribution is 2.43. The second-order valence-electron chi connectivity index (χ2n) is 6.56. The SMILES string of the molecule is CN(Cc1ccccc1N)CC1CCC2(CCCC2)O1. The molecule has 0 bridgehead atoms. The van der Waals surface area contributed by atoms with Crippen molar-refractivity contribution in [2.75, 3.05) is 19.3 Å². The van der Waals surface area contributed by atoms with Crippen molar-refractivity contribution in [3.05, 3.63) is 29.8 Å². The van der Waals surface area contributed by atoms with Crippen molar-refractivity contribution in [2.45, 2.75) is 56.8 Å². The molecule has 3 nitrogen and oxygen atoms in total. The monoisotopic (exact) mass is 274 g/mol. The van der Waals surface area contributed by atoms with E-state index in [1.54, 1.807) is 0 Å². The average Bonchev–Trinajstić information content (AvgIpc) is 3.03. The van der Waals surface area contributed by atoms with E-state index < -0.39 is 0 Å². The molecule has 1 saturated heterocycles. The molecular formula is C17H26N2O.